The molecule has 0 radical (unpaired) electrons. The number of aryl methyl sites for hydroxylation is 2. The molecule has 1 aromatic heterocycles. The molecule has 0 bridgehead atoms. The van der Waals surface area contributed by atoms with Gasteiger partial charge in [0.15, 0.2) is 11.6 Å². The van der Waals surface area contributed by atoms with Crippen LogP contribution in [0.5, 0.6) is 0 Å². The Kier molecular flexibility index (Phi) is 3.08. The van der Waals surface area contributed by atoms with Crippen LogP contribution in [0.25, 0.3) is 0 Å². The van der Waals surface area contributed by atoms with Gasteiger partial charge in [-0.1, -0.05) is 6.07 Å². The van der Waals surface area contributed by atoms with Crippen LogP contribution in [0, 0.1) is 25.5 Å². The van der Waals surface area contributed by atoms with Crippen LogP contribution in [-0.4, -0.2) is 10.2 Å². The summed E-state index contributed by atoms with van der Waals surface area (Å²) < 4.78 is 26.3. The molecule has 0 aliphatic rings. The van der Waals surface area contributed by atoms with Crippen LogP contribution < -0.4 is 5.32 Å². The summed E-state index contributed by atoms with van der Waals surface area (Å²) >= 11 is 0. The molecule has 0 fully saturated rings. The molecule has 90 valence electrons. The van der Waals surface area contributed by atoms with Gasteiger partial charge in [-0.15, -0.1) is 0 Å². The second-order valence-corrected chi connectivity index (χ2v) is 3.87. The van der Waals surface area contributed by atoms with Crippen molar-refractivity contribution in [2.75, 3.05) is 5.32 Å². The monoisotopic (exact) mass is 237 g/mol. The number of nitrogens with one attached hydrogen (secondary N) is 2. The Hall–Kier alpha value is -1.91. The van der Waals surface area contributed by atoms with Crippen LogP contribution in [-0.2, 0) is 6.54 Å². The highest BCUT2D eigenvalue weighted by atomic mass is 19.2. The molecule has 0 atom stereocenters. The summed E-state index contributed by atoms with van der Waals surface area (Å²) in [6, 6.07) is 4.06. The molecule has 0 amide bonds. The molecule has 0 saturated carbocycles. The number of aromatic amines is 1. The standard InChI is InChI=1S/C12H13F2N3/c1-7-9(8(2)17-16-7)6-15-11-5-3-4-10(13)12(11)14/h3-5,15H,6H2,1-2H3,(H,16,17). The Balaban J connectivity index is 2.15. The Labute approximate surface area is 97.9 Å². The van der Waals surface area contributed by atoms with Crippen LogP contribution >= 0.6 is 0 Å². The van der Waals surface area contributed by atoms with Crippen molar-refractivity contribution in [1.29, 1.82) is 0 Å². The molecule has 0 spiro atoms. The van der Waals surface area contributed by atoms with Gasteiger partial charge in [0.25, 0.3) is 0 Å². The third-order valence-corrected chi connectivity index (χ3v) is 2.69. The summed E-state index contributed by atoms with van der Waals surface area (Å²) in [6.07, 6.45) is 0. The fraction of sp³-hybridized carbons (Fsp3) is 0.250. The smallest absolute Gasteiger partial charge is 0.181 e. The van der Waals surface area contributed by atoms with Crippen molar-refractivity contribution >= 4 is 5.69 Å². The molecular formula is C12H13F2N3. The molecular weight excluding hydrogens is 224 g/mol. The van der Waals surface area contributed by atoms with E-state index in [0.717, 1.165) is 23.0 Å². The third-order valence-electron chi connectivity index (χ3n) is 2.69. The first kappa shape index (κ1) is 11.6. The third kappa shape index (κ3) is 2.27. The minimum Gasteiger partial charge on any atom is -0.378 e. The number of H-pyrrole nitrogens is 1. The topological polar surface area (TPSA) is 40.7 Å². The van der Waals surface area contributed by atoms with Gasteiger partial charge in [-0.05, 0) is 26.0 Å². The molecule has 0 aliphatic heterocycles. The number of anilines is 1. The lowest BCUT2D eigenvalue weighted by molar-refractivity contribution is 0.511. The molecule has 2 aromatic rings. The van der Waals surface area contributed by atoms with Gasteiger partial charge in [0, 0.05) is 17.8 Å². The van der Waals surface area contributed by atoms with Crippen LogP contribution in [0.2, 0.25) is 0 Å². The van der Waals surface area contributed by atoms with E-state index in [1.165, 1.54) is 12.1 Å². The molecule has 17 heavy (non-hydrogen) atoms. The minimum atomic E-state index is -0.855. The van der Waals surface area contributed by atoms with Crippen LogP contribution in [0.15, 0.2) is 18.2 Å². The predicted molar refractivity (Wildman–Crippen MR) is 61.7 cm³/mol. The van der Waals surface area contributed by atoms with Crippen molar-refractivity contribution in [3.63, 3.8) is 0 Å². The van der Waals surface area contributed by atoms with Crippen molar-refractivity contribution < 1.29 is 8.78 Å². The highest BCUT2D eigenvalue weighted by Crippen LogP contribution is 2.18. The van der Waals surface area contributed by atoms with E-state index in [2.05, 4.69) is 15.5 Å². The number of rotatable bonds is 3. The molecule has 2 N–H and O–H groups in total. The minimum absolute atomic E-state index is 0.157. The predicted octanol–water partition coefficient (Wildman–Crippen LogP) is 2.92. The highest BCUT2D eigenvalue weighted by Gasteiger charge is 2.09. The SMILES string of the molecule is Cc1n[nH]c(C)c1CNc1cccc(F)c1F. The lowest BCUT2D eigenvalue weighted by atomic mass is 10.2. The van der Waals surface area contributed by atoms with Gasteiger partial charge >= 0.3 is 0 Å². The van der Waals surface area contributed by atoms with E-state index in [1.54, 1.807) is 0 Å². The van der Waals surface area contributed by atoms with E-state index in [9.17, 15) is 8.78 Å². The average molecular weight is 237 g/mol. The number of aromatic nitrogens is 2. The summed E-state index contributed by atoms with van der Waals surface area (Å²) in [4.78, 5) is 0. The second kappa shape index (κ2) is 4.53. The average Bonchev–Trinajstić information content (AvgIpc) is 2.62. The first-order valence-corrected chi connectivity index (χ1v) is 5.28. The van der Waals surface area contributed by atoms with Crippen LogP contribution in [0.1, 0.15) is 17.0 Å². The molecule has 1 aromatic carbocycles. The number of benzene rings is 1. The zero-order chi connectivity index (χ0) is 12.4. The number of hydrogen-bond acceptors (Lipinski definition) is 2. The van der Waals surface area contributed by atoms with Gasteiger partial charge in [0.05, 0.1) is 11.4 Å². The maximum Gasteiger partial charge on any atom is 0.181 e. The summed E-state index contributed by atoms with van der Waals surface area (Å²) in [5.74, 6) is -1.71. The molecule has 0 unspecified atom stereocenters. The maximum absolute atomic E-state index is 13.4. The van der Waals surface area contributed by atoms with Crippen LogP contribution in [0.4, 0.5) is 14.5 Å². The van der Waals surface area contributed by atoms with E-state index in [-0.39, 0.29) is 5.69 Å². The fourth-order valence-electron chi connectivity index (χ4n) is 1.66. The van der Waals surface area contributed by atoms with Crippen LogP contribution in [0.3, 0.4) is 0 Å². The molecule has 5 heteroatoms. The van der Waals surface area contributed by atoms with Crippen molar-refractivity contribution in [3.8, 4) is 0 Å². The number of halogens is 2. The Morgan fingerprint density at radius 1 is 1.29 bits per heavy atom. The van der Waals surface area contributed by atoms with E-state index in [4.69, 9.17) is 0 Å². The first-order valence-electron chi connectivity index (χ1n) is 5.28. The summed E-state index contributed by atoms with van der Waals surface area (Å²) in [7, 11) is 0. The Morgan fingerprint density at radius 2 is 2.06 bits per heavy atom. The molecule has 3 nitrogen and oxygen atoms in total. The summed E-state index contributed by atoms with van der Waals surface area (Å²) in [5, 5.41) is 9.74. The number of hydrogen-bond donors (Lipinski definition) is 2. The summed E-state index contributed by atoms with van der Waals surface area (Å²) in [5.41, 5.74) is 2.90. The molecule has 0 aliphatic carbocycles. The van der Waals surface area contributed by atoms with Crippen molar-refractivity contribution in [3.05, 3.63) is 46.8 Å². The van der Waals surface area contributed by atoms with E-state index in [1.807, 2.05) is 13.8 Å². The van der Waals surface area contributed by atoms with Crippen molar-refractivity contribution in [2.24, 2.45) is 0 Å². The number of nitrogens with zero attached hydrogens (tertiary/aromatic N) is 1. The Bertz CT molecular complexity index is 515. The molecule has 0 saturated heterocycles. The van der Waals surface area contributed by atoms with Gasteiger partial charge < -0.3 is 5.32 Å². The lowest BCUT2D eigenvalue weighted by Crippen LogP contribution is -2.04. The first-order chi connectivity index (χ1) is 8.09. The Morgan fingerprint density at radius 3 is 2.71 bits per heavy atom. The van der Waals surface area contributed by atoms with Gasteiger partial charge in [-0.25, -0.2) is 8.78 Å². The van der Waals surface area contributed by atoms with Crippen molar-refractivity contribution in [1.82, 2.24) is 10.2 Å². The van der Waals surface area contributed by atoms with Gasteiger partial charge in [-0.3, -0.25) is 5.10 Å². The van der Waals surface area contributed by atoms with Gasteiger partial charge in [0.2, 0.25) is 0 Å². The van der Waals surface area contributed by atoms with E-state index in [0.29, 0.717) is 6.54 Å². The molecule has 1 heterocycles. The molecule has 2 rings (SSSR count). The van der Waals surface area contributed by atoms with E-state index < -0.39 is 11.6 Å². The quantitative estimate of drug-likeness (QED) is 0.861. The normalized spacial score (nSPS) is 10.6. The fourth-order valence-corrected chi connectivity index (χ4v) is 1.66. The maximum atomic E-state index is 13.4. The zero-order valence-corrected chi connectivity index (χ0v) is 9.64. The van der Waals surface area contributed by atoms with Crippen molar-refractivity contribution in [2.45, 2.75) is 20.4 Å². The van der Waals surface area contributed by atoms with E-state index >= 15 is 0 Å². The lowest BCUT2D eigenvalue weighted by Gasteiger charge is -2.08. The van der Waals surface area contributed by atoms with Gasteiger partial charge in [0.1, 0.15) is 0 Å². The largest absolute Gasteiger partial charge is 0.378 e. The summed E-state index contributed by atoms with van der Waals surface area (Å²) in [6.45, 7) is 4.16. The van der Waals surface area contributed by atoms with Gasteiger partial charge in [-0.2, -0.15) is 5.10 Å². The second-order valence-electron chi connectivity index (χ2n) is 3.87. The zero-order valence-electron chi connectivity index (χ0n) is 9.64. The highest BCUT2D eigenvalue weighted by molar-refractivity contribution is 5.46.